The summed E-state index contributed by atoms with van der Waals surface area (Å²) in [4.78, 5) is 14.8. The Kier molecular flexibility index (Phi) is 9.90. The highest BCUT2D eigenvalue weighted by Crippen LogP contribution is 2.25. The minimum Gasteiger partial charge on any atom is -0.457 e. The van der Waals surface area contributed by atoms with Crippen molar-refractivity contribution in [2.45, 2.75) is 56.9 Å². The van der Waals surface area contributed by atoms with E-state index in [1.807, 2.05) is 37.3 Å². The Morgan fingerprint density at radius 1 is 1.15 bits per heavy atom. The fourth-order valence-electron chi connectivity index (χ4n) is 4.58. The Morgan fingerprint density at radius 3 is 2.55 bits per heavy atom. The molecule has 12 heteroatoms. The third kappa shape index (κ3) is 7.25. The zero-order valence-corrected chi connectivity index (χ0v) is 23.9. The van der Waals surface area contributed by atoms with Gasteiger partial charge in [-0.1, -0.05) is 30.3 Å². The molecule has 4 rings (SSSR count). The van der Waals surface area contributed by atoms with Crippen LogP contribution in [-0.4, -0.2) is 82.5 Å². The first-order chi connectivity index (χ1) is 19.2. The average molecular weight is 572 g/mol. The Hall–Kier alpha value is -3.32. The molecular formula is C28H37N5O6S. The fraction of sp³-hybridized carbons (Fsp3) is 0.464. The van der Waals surface area contributed by atoms with Crippen molar-refractivity contribution in [3.63, 3.8) is 0 Å². The summed E-state index contributed by atoms with van der Waals surface area (Å²) >= 11 is 0. The topological polar surface area (TPSA) is 127 Å². The summed E-state index contributed by atoms with van der Waals surface area (Å²) in [6.07, 6.45) is 1.96. The van der Waals surface area contributed by atoms with Crippen LogP contribution in [-0.2, 0) is 32.7 Å². The number of sulfonamides is 1. The molecule has 1 N–H and O–H groups in total. The van der Waals surface area contributed by atoms with E-state index in [1.165, 1.54) is 23.5 Å². The summed E-state index contributed by atoms with van der Waals surface area (Å²) in [5, 5.41) is 17.9. The highest BCUT2D eigenvalue weighted by atomic mass is 32.2. The van der Waals surface area contributed by atoms with Crippen LogP contribution in [0.1, 0.15) is 32.4 Å². The molecule has 2 heterocycles. The molecule has 1 amide bonds. The van der Waals surface area contributed by atoms with E-state index < -0.39 is 16.1 Å². The van der Waals surface area contributed by atoms with Crippen molar-refractivity contribution in [1.29, 1.82) is 0 Å². The maximum atomic E-state index is 13.5. The summed E-state index contributed by atoms with van der Waals surface area (Å²) in [5.74, 6) is 0.870. The summed E-state index contributed by atoms with van der Waals surface area (Å²) < 4.78 is 42.0. The van der Waals surface area contributed by atoms with Gasteiger partial charge in [-0.25, -0.2) is 13.1 Å². The van der Waals surface area contributed by atoms with Gasteiger partial charge < -0.3 is 19.5 Å². The summed E-state index contributed by atoms with van der Waals surface area (Å²) in [7, 11) is -2.33. The minimum atomic E-state index is -3.85. The lowest BCUT2D eigenvalue weighted by Gasteiger charge is -2.35. The van der Waals surface area contributed by atoms with Crippen LogP contribution >= 0.6 is 0 Å². The smallest absolute Gasteiger partial charge is 0.242 e. The van der Waals surface area contributed by atoms with Crippen LogP contribution in [0.25, 0.3) is 0 Å². The lowest BCUT2D eigenvalue weighted by molar-refractivity contribution is -0.136. The number of aromatic nitrogens is 3. The van der Waals surface area contributed by atoms with Gasteiger partial charge in [-0.3, -0.25) is 4.79 Å². The second-order valence-electron chi connectivity index (χ2n) is 10.1. The van der Waals surface area contributed by atoms with Gasteiger partial charge in [0.15, 0.2) is 0 Å². The van der Waals surface area contributed by atoms with E-state index in [2.05, 4.69) is 10.3 Å². The molecular weight excluding hydrogens is 534 g/mol. The molecule has 40 heavy (non-hydrogen) atoms. The van der Waals surface area contributed by atoms with Crippen molar-refractivity contribution in [1.82, 2.24) is 24.2 Å². The van der Waals surface area contributed by atoms with Gasteiger partial charge in [0.2, 0.25) is 15.9 Å². The monoisotopic (exact) mass is 571 g/mol. The molecule has 3 atom stereocenters. The van der Waals surface area contributed by atoms with Crippen LogP contribution in [0.2, 0.25) is 0 Å². The molecule has 0 spiro atoms. The number of aliphatic hydroxyl groups is 1. The number of amides is 1. The molecule has 216 valence electrons. The van der Waals surface area contributed by atoms with E-state index in [0.717, 1.165) is 5.69 Å². The first-order valence-electron chi connectivity index (χ1n) is 13.4. The van der Waals surface area contributed by atoms with E-state index in [0.29, 0.717) is 37.4 Å². The Labute approximate surface area is 235 Å². The van der Waals surface area contributed by atoms with Gasteiger partial charge in [0.25, 0.3) is 0 Å². The van der Waals surface area contributed by atoms with Gasteiger partial charge in [-0.05, 0) is 49.7 Å². The first-order valence-corrected chi connectivity index (χ1v) is 14.8. The largest absolute Gasteiger partial charge is 0.457 e. The number of carbonyl (C=O) groups is 1. The third-order valence-electron chi connectivity index (χ3n) is 7.09. The van der Waals surface area contributed by atoms with Gasteiger partial charge in [0, 0.05) is 39.0 Å². The molecule has 0 bridgehead atoms. The lowest BCUT2D eigenvalue weighted by atomic mass is 10.0. The minimum absolute atomic E-state index is 0.0584. The van der Waals surface area contributed by atoms with Crippen LogP contribution in [0.5, 0.6) is 11.5 Å². The predicted octanol–water partition coefficient (Wildman–Crippen LogP) is 2.92. The number of likely N-dealkylation sites (N-methyl/N-ethyl adjacent to an activating group) is 1. The van der Waals surface area contributed by atoms with Gasteiger partial charge in [-0.15, -0.1) is 5.10 Å². The first kappa shape index (κ1) is 29.7. The number of ether oxygens (including phenoxy) is 2. The van der Waals surface area contributed by atoms with E-state index in [-0.39, 0.29) is 42.5 Å². The number of rotatable bonds is 8. The number of hydrogen-bond donors (Lipinski definition) is 1. The van der Waals surface area contributed by atoms with Crippen LogP contribution in [0.3, 0.4) is 0 Å². The van der Waals surface area contributed by atoms with Crippen LogP contribution in [0.4, 0.5) is 0 Å². The molecule has 1 aliphatic heterocycles. The van der Waals surface area contributed by atoms with Crippen LogP contribution in [0, 0.1) is 5.92 Å². The van der Waals surface area contributed by atoms with Crippen molar-refractivity contribution in [3.05, 3.63) is 66.5 Å². The predicted molar refractivity (Wildman–Crippen MR) is 148 cm³/mol. The molecule has 0 aliphatic carbocycles. The normalized spacial score (nSPS) is 19.9. The number of fused-ring (bicyclic) bond motifs is 1. The van der Waals surface area contributed by atoms with Crippen molar-refractivity contribution in [2.75, 3.05) is 26.7 Å². The van der Waals surface area contributed by atoms with Gasteiger partial charge in [0.1, 0.15) is 11.5 Å². The van der Waals surface area contributed by atoms with Crippen molar-refractivity contribution in [2.24, 2.45) is 5.92 Å². The second-order valence-corrected chi connectivity index (χ2v) is 12.2. The van der Waals surface area contributed by atoms with E-state index in [9.17, 15) is 18.3 Å². The molecule has 11 nitrogen and oxygen atoms in total. The molecule has 0 saturated carbocycles. The van der Waals surface area contributed by atoms with Gasteiger partial charge >= 0.3 is 0 Å². The second kappa shape index (κ2) is 13.4. The number of nitrogens with zero attached hydrogens (tertiary/aromatic N) is 5. The van der Waals surface area contributed by atoms with E-state index in [4.69, 9.17) is 9.47 Å². The number of aliphatic hydroxyl groups excluding tert-OH is 1. The van der Waals surface area contributed by atoms with Crippen molar-refractivity contribution in [3.8, 4) is 11.5 Å². The Bertz CT molecular complexity index is 1350. The number of aryl methyl sites for hydroxylation is 1. The van der Waals surface area contributed by atoms with Gasteiger partial charge in [0.05, 0.1) is 42.1 Å². The maximum absolute atomic E-state index is 13.5. The number of hydrogen-bond acceptors (Lipinski definition) is 8. The lowest BCUT2D eigenvalue weighted by Crippen LogP contribution is -2.47. The number of benzene rings is 2. The van der Waals surface area contributed by atoms with Gasteiger partial charge in [-0.2, -0.15) is 4.31 Å². The zero-order valence-electron chi connectivity index (χ0n) is 23.1. The van der Waals surface area contributed by atoms with E-state index >= 15 is 0 Å². The SMILES string of the molecule is C[C@@H]1CN([C@@H](C)CO)C(=O)CCCn2nncc2CO[C@@H]1CN(C)S(=O)(=O)c1ccc(Oc2ccccc2)cc1. The van der Waals surface area contributed by atoms with Crippen molar-refractivity contribution < 1.29 is 27.8 Å². The molecule has 0 radical (unpaired) electrons. The third-order valence-corrected chi connectivity index (χ3v) is 8.93. The molecule has 0 saturated heterocycles. The Morgan fingerprint density at radius 2 is 1.85 bits per heavy atom. The molecule has 0 fully saturated rings. The Balaban J connectivity index is 1.52. The highest BCUT2D eigenvalue weighted by Gasteiger charge is 2.31. The fourth-order valence-corrected chi connectivity index (χ4v) is 5.76. The summed E-state index contributed by atoms with van der Waals surface area (Å²) in [5.41, 5.74) is 0.755. The number of para-hydroxylation sites is 1. The van der Waals surface area contributed by atoms with E-state index in [1.54, 1.807) is 34.8 Å². The quantitative estimate of drug-likeness (QED) is 0.437. The number of carbonyl (C=O) groups excluding carboxylic acids is 1. The summed E-state index contributed by atoms with van der Waals surface area (Å²) in [6, 6.07) is 15.2. The highest BCUT2D eigenvalue weighted by molar-refractivity contribution is 7.89. The van der Waals surface area contributed by atoms with Crippen LogP contribution < -0.4 is 4.74 Å². The zero-order chi connectivity index (χ0) is 28.7. The standard InChI is InChI=1S/C28H37N5O6S/c1-21-17-32(22(2)19-34)28(35)10-7-15-33-23(16-29-30-33)20-38-27(21)18-31(3)40(36,37)26-13-11-25(12-14-26)39-24-8-5-4-6-9-24/h4-6,8-9,11-14,16,21-22,27,34H,7,10,15,17-20H2,1-3H3/t21-,22+,27-/m1/s1. The van der Waals surface area contributed by atoms with Crippen molar-refractivity contribution >= 4 is 15.9 Å². The molecule has 0 unspecified atom stereocenters. The maximum Gasteiger partial charge on any atom is 0.242 e. The molecule has 1 aromatic heterocycles. The van der Waals surface area contributed by atoms with Crippen LogP contribution in [0.15, 0.2) is 65.7 Å². The molecule has 1 aliphatic rings. The average Bonchev–Trinajstić information content (AvgIpc) is 3.40. The molecule has 3 aromatic rings. The summed E-state index contributed by atoms with van der Waals surface area (Å²) in [6.45, 7) is 4.63. The molecule has 2 aromatic carbocycles.